The van der Waals surface area contributed by atoms with Crippen LogP contribution < -0.4 is 10.0 Å². The van der Waals surface area contributed by atoms with E-state index in [1.807, 2.05) is 42.3 Å². The summed E-state index contributed by atoms with van der Waals surface area (Å²) in [5.41, 5.74) is 0.938. The number of aliphatic imine (C=N–C) groups is 1. The molecule has 2 rings (SSSR count). The van der Waals surface area contributed by atoms with Gasteiger partial charge in [0.1, 0.15) is 0 Å². The van der Waals surface area contributed by atoms with Crippen LogP contribution in [0.3, 0.4) is 0 Å². The van der Waals surface area contributed by atoms with Crippen LogP contribution in [0.2, 0.25) is 0 Å². The minimum absolute atomic E-state index is 0.000761. The molecule has 1 aromatic rings. The monoisotopic (exact) mass is 368 g/mol. The lowest BCUT2D eigenvalue weighted by atomic mass is 10.1. The normalized spacial score (nSPS) is 18.3. The van der Waals surface area contributed by atoms with Gasteiger partial charge in [-0.2, -0.15) is 0 Å². The molecule has 1 saturated heterocycles. The highest BCUT2D eigenvalue weighted by atomic mass is 32.2. The molecular formula is C17H28N4O3S. The maximum Gasteiger partial charge on any atom is 0.213 e. The molecule has 1 atom stereocenters. The molecule has 0 aliphatic carbocycles. The van der Waals surface area contributed by atoms with Gasteiger partial charge in [0.05, 0.1) is 12.4 Å². The van der Waals surface area contributed by atoms with Crippen LogP contribution in [0.4, 0.5) is 0 Å². The van der Waals surface area contributed by atoms with E-state index in [9.17, 15) is 8.42 Å². The number of nitrogens with zero attached hydrogens (tertiary/aromatic N) is 2. The molecule has 1 aliphatic rings. The van der Waals surface area contributed by atoms with E-state index >= 15 is 0 Å². The zero-order valence-electron chi connectivity index (χ0n) is 14.9. The molecule has 2 N–H and O–H groups in total. The first-order valence-corrected chi connectivity index (χ1v) is 10.2. The Hall–Kier alpha value is -1.64. The van der Waals surface area contributed by atoms with Crippen LogP contribution in [0, 0.1) is 5.92 Å². The summed E-state index contributed by atoms with van der Waals surface area (Å²) in [6, 6.07) is 9.47. The quantitative estimate of drug-likeness (QED) is 0.520. The van der Waals surface area contributed by atoms with Crippen molar-refractivity contribution >= 4 is 16.0 Å². The predicted octanol–water partition coefficient (Wildman–Crippen LogP) is 0.650. The second-order valence-electron chi connectivity index (χ2n) is 6.21. The predicted molar refractivity (Wildman–Crippen MR) is 100.0 cm³/mol. The van der Waals surface area contributed by atoms with Crippen LogP contribution in [-0.4, -0.2) is 65.4 Å². The lowest BCUT2D eigenvalue weighted by Crippen LogP contribution is -2.43. The molecule has 25 heavy (non-hydrogen) atoms. The van der Waals surface area contributed by atoms with E-state index in [1.165, 1.54) is 0 Å². The van der Waals surface area contributed by atoms with Crippen LogP contribution in [-0.2, 0) is 21.3 Å². The highest BCUT2D eigenvalue weighted by Gasteiger charge is 2.19. The Kier molecular flexibility index (Phi) is 7.67. The van der Waals surface area contributed by atoms with Crippen LogP contribution in [0.5, 0.6) is 0 Å². The molecular weight excluding hydrogens is 340 g/mol. The lowest BCUT2D eigenvalue weighted by molar-refractivity contribution is 0.181. The van der Waals surface area contributed by atoms with Gasteiger partial charge in [0.25, 0.3) is 0 Å². The molecule has 1 heterocycles. The van der Waals surface area contributed by atoms with Crippen molar-refractivity contribution in [2.24, 2.45) is 10.9 Å². The van der Waals surface area contributed by atoms with Gasteiger partial charge >= 0.3 is 0 Å². The molecule has 1 fully saturated rings. The van der Waals surface area contributed by atoms with E-state index in [0.717, 1.165) is 31.7 Å². The summed E-state index contributed by atoms with van der Waals surface area (Å²) in [6.45, 7) is 3.05. The molecule has 1 unspecified atom stereocenters. The van der Waals surface area contributed by atoms with Crippen LogP contribution >= 0.6 is 0 Å². The van der Waals surface area contributed by atoms with Crippen molar-refractivity contribution in [1.82, 2.24) is 14.9 Å². The fourth-order valence-corrected chi connectivity index (χ4v) is 3.65. The molecule has 0 amide bonds. The molecule has 0 radical (unpaired) electrons. The second-order valence-corrected chi connectivity index (χ2v) is 8.14. The zero-order chi connectivity index (χ0) is 18.1. The number of nitrogens with one attached hydrogen (secondary N) is 2. The van der Waals surface area contributed by atoms with E-state index in [0.29, 0.717) is 25.0 Å². The third kappa shape index (κ3) is 7.01. The molecule has 0 aromatic heterocycles. The van der Waals surface area contributed by atoms with Crippen LogP contribution in [0.1, 0.15) is 12.0 Å². The van der Waals surface area contributed by atoms with E-state index in [1.54, 1.807) is 7.05 Å². The summed E-state index contributed by atoms with van der Waals surface area (Å²) in [7, 11) is 0.317. The number of rotatable bonds is 8. The minimum Gasteiger partial charge on any atom is -0.381 e. The summed E-state index contributed by atoms with van der Waals surface area (Å²) in [5.74, 6) is 1.20. The van der Waals surface area contributed by atoms with Gasteiger partial charge in [-0.1, -0.05) is 30.3 Å². The third-order valence-corrected chi connectivity index (χ3v) is 5.45. The van der Waals surface area contributed by atoms with Gasteiger partial charge in [-0.05, 0) is 12.0 Å². The zero-order valence-corrected chi connectivity index (χ0v) is 15.8. The van der Waals surface area contributed by atoms with Crippen LogP contribution in [0.25, 0.3) is 0 Å². The maximum absolute atomic E-state index is 12.1. The Balaban J connectivity index is 1.73. The number of benzene rings is 1. The fourth-order valence-electron chi connectivity index (χ4n) is 2.74. The number of hydrogen-bond acceptors (Lipinski definition) is 4. The van der Waals surface area contributed by atoms with Crippen molar-refractivity contribution < 1.29 is 13.2 Å². The number of sulfonamides is 1. The molecule has 0 spiro atoms. The van der Waals surface area contributed by atoms with Crippen molar-refractivity contribution in [2.45, 2.75) is 13.0 Å². The number of hydrogen-bond donors (Lipinski definition) is 2. The highest BCUT2D eigenvalue weighted by molar-refractivity contribution is 7.89. The first kappa shape index (κ1) is 19.7. The van der Waals surface area contributed by atoms with Gasteiger partial charge < -0.3 is 15.0 Å². The van der Waals surface area contributed by atoms with Gasteiger partial charge in [-0.25, -0.2) is 13.1 Å². The second kappa shape index (κ2) is 9.74. The van der Waals surface area contributed by atoms with E-state index < -0.39 is 10.0 Å². The third-order valence-electron chi connectivity index (χ3n) is 4.12. The molecule has 8 heteroatoms. The van der Waals surface area contributed by atoms with Crippen molar-refractivity contribution in [1.29, 1.82) is 0 Å². The first-order valence-electron chi connectivity index (χ1n) is 8.51. The Morgan fingerprint density at radius 1 is 1.36 bits per heavy atom. The van der Waals surface area contributed by atoms with Gasteiger partial charge in [0.15, 0.2) is 5.96 Å². The summed E-state index contributed by atoms with van der Waals surface area (Å²) < 4.78 is 32.2. The lowest BCUT2D eigenvalue weighted by Gasteiger charge is -2.24. The summed E-state index contributed by atoms with van der Waals surface area (Å²) in [6.07, 6.45) is 1.05. The average molecular weight is 369 g/mol. The van der Waals surface area contributed by atoms with Gasteiger partial charge in [-0.15, -0.1) is 0 Å². The Morgan fingerprint density at radius 3 is 2.76 bits per heavy atom. The van der Waals surface area contributed by atoms with Crippen molar-refractivity contribution in [3.8, 4) is 0 Å². The summed E-state index contributed by atoms with van der Waals surface area (Å²) in [5, 5.41) is 3.11. The Morgan fingerprint density at radius 2 is 2.12 bits per heavy atom. The average Bonchev–Trinajstić information content (AvgIpc) is 3.11. The van der Waals surface area contributed by atoms with Gasteiger partial charge in [0.2, 0.25) is 10.0 Å². The fraction of sp³-hybridized carbons (Fsp3) is 0.588. The van der Waals surface area contributed by atoms with E-state index in [-0.39, 0.29) is 5.75 Å². The standard InChI is InChI=1S/C17H28N4O3S/c1-18-17(21(2)13-16-8-10-24-14-16)19-9-11-25(22,23)20-12-15-6-4-3-5-7-15/h3-7,16,20H,8-14H2,1-2H3,(H,18,19). The van der Waals surface area contributed by atoms with Crippen molar-refractivity contribution in [3.05, 3.63) is 35.9 Å². The minimum atomic E-state index is -3.34. The number of ether oxygens (including phenoxy) is 1. The van der Waals surface area contributed by atoms with Crippen LogP contribution in [0.15, 0.2) is 35.3 Å². The molecule has 7 nitrogen and oxygen atoms in total. The smallest absolute Gasteiger partial charge is 0.213 e. The Bertz CT molecular complexity index is 643. The molecule has 140 valence electrons. The topological polar surface area (TPSA) is 83.0 Å². The highest BCUT2D eigenvalue weighted by Crippen LogP contribution is 2.13. The number of guanidine groups is 1. The first-order chi connectivity index (χ1) is 12.0. The SMILES string of the molecule is CN=C(NCCS(=O)(=O)NCc1ccccc1)N(C)CC1CCOC1. The van der Waals surface area contributed by atoms with Gasteiger partial charge in [-0.3, -0.25) is 4.99 Å². The Labute approximate surface area is 150 Å². The van der Waals surface area contributed by atoms with E-state index in [2.05, 4.69) is 15.0 Å². The van der Waals surface area contributed by atoms with E-state index in [4.69, 9.17) is 4.74 Å². The van der Waals surface area contributed by atoms with Gasteiger partial charge in [0, 0.05) is 46.3 Å². The van der Waals surface area contributed by atoms with Crippen molar-refractivity contribution in [3.63, 3.8) is 0 Å². The molecule has 0 bridgehead atoms. The summed E-state index contributed by atoms with van der Waals surface area (Å²) in [4.78, 5) is 6.24. The maximum atomic E-state index is 12.1. The summed E-state index contributed by atoms with van der Waals surface area (Å²) >= 11 is 0. The van der Waals surface area contributed by atoms with Crippen molar-refractivity contribution in [2.75, 3.05) is 46.2 Å². The molecule has 1 aliphatic heterocycles. The molecule has 0 saturated carbocycles. The molecule has 1 aromatic carbocycles. The largest absolute Gasteiger partial charge is 0.381 e.